The van der Waals surface area contributed by atoms with Crippen molar-refractivity contribution in [2.45, 2.75) is 32.8 Å². The summed E-state index contributed by atoms with van der Waals surface area (Å²) in [5.74, 6) is -0.167. The lowest BCUT2D eigenvalue weighted by Gasteiger charge is -2.35. The van der Waals surface area contributed by atoms with Gasteiger partial charge < -0.3 is 14.9 Å². The smallest absolute Gasteiger partial charge is 0.251 e. The van der Waals surface area contributed by atoms with Gasteiger partial charge in [-0.15, -0.1) is 0 Å². The molecule has 1 aromatic rings. The van der Waals surface area contributed by atoms with Crippen molar-refractivity contribution < 1.29 is 14.7 Å². The van der Waals surface area contributed by atoms with E-state index in [9.17, 15) is 14.7 Å². The molecule has 0 aliphatic carbocycles. The van der Waals surface area contributed by atoms with Crippen LogP contribution in [-0.4, -0.2) is 59.0 Å². The van der Waals surface area contributed by atoms with Gasteiger partial charge in [0, 0.05) is 26.2 Å². The van der Waals surface area contributed by atoms with E-state index in [-0.39, 0.29) is 11.8 Å². The molecule has 1 N–H and O–H groups in total. The Bertz CT molecular complexity index is 534. The Morgan fingerprint density at radius 1 is 1.14 bits per heavy atom. The first-order valence-electron chi connectivity index (χ1n) is 7.83. The zero-order valence-corrected chi connectivity index (χ0v) is 13.3. The first-order chi connectivity index (χ1) is 10.5. The van der Waals surface area contributed by atoms with Gasteiger partial charge in [0.25, 0.3) is 5.91 Å². The maximum absolute atomic E-state index is 12.4. The Hall–Kier alpha value is -1.88. The minimum absolute atomic E-state index is 0.0948. The summed E-state index contributed by atoms with van der Waals surface area (Å²) in [5, 5.41) is 9.32. The number of carbonyl (C=O) groups is 2. The van der Waals surface area contributed by atoms with Crippen molar-refractivity contribution in [1.29, 1.82) is 0 Å². The van der Waals surface area contributed by atoms with Gasteiger partial charge in [-0.3, -0.25) is 9.59 Å². The van der Waals surface area contributed by atoms with Gasteiger partial charge in [-0.05, 0) is 24.5 Å². The Balaban J connectivity index is 1.88. The van der Waals surface area contributed by atoms with E-state index in [0.717, 1.165) is 12.0 Å². The Morgan fingerprint density at radius 2 is 1.73 bits per heavy atom. The molecule has 1 heterocycles. The number of nitrogens with zero attached hydrogens (tertiary/aromatic N) is 2. The van der Waals surface area contributed by atoms with Gasteiger partial charge in [-0.25, -0.2) is 0 Å². The monoisotopic (exact) mass is 304 g/mol. The maximum atomic E-state index is 12.4. The molecule has 1 saturated heterocycles. The van der Waals surface area contributed by atoms with Crippen LogP contribution >= 0.6 is 0 Å². The highest BCUT2D eigenvalue weighted by atomic mass is 16.3. The fraction of sp³-hybridized carbons (Fsp3) is 0.529. The van der Waals surface area contributed by atoms with E-state index in [1.54, 1.807) is 9.80 Å². The molecule has 2 amide bonds. The van der Waals surface area contributed by atoms with Crippen LogP contribution < -0.4 is 0 Å². The van der Waals surface area contributed by atoms with E-state index in [0.29, 0.717) is 32.6 Å². The molecule has 1 aromatic carbocycles. The SMILES string of the molecule is CCc1cccc(CC(=O)N2CCN(C(=O)C(C)O)CC2)c1. The van der Waals surface area contributed by atoms with Gasteiger partial charge in [0.05, 0.1) is 6.42 Å². The highest BCUT2D eigenvalue weighted by molar-refractivity contribution is 5.81. The summed E-state index contributed by atoms with van der Waals surface area (Å²) in [7, 11) is 0. The number of aliphatic hydroxyl groups is 1. The van der Waals surface area contributed by atoms with E-state index in [1.165, 1.54) is 12.5 Å². The van der Waals surface area contributed by atoms with Gasteiger partial charge in [-0.1, -0.05) is 31.2 Å². The molecule has 1 fully saturated rings. The van der Waals surface area contributed by atoms with Crippen molar-refractivity contribution in [2.24, 2.45) is 0 Å². The third-order valence-corrected chi connectivity index (χ3v) is 4.06. The van der Waals surface area contributed by atoms with Crippen LogP contribution in [-0.2, 0) is 22.4 Å². The molecule has 5 nitrogen and oxygen atoms in total. The van der Waals surface area contributed by atoms with Gasteiger partial charge in [0.2, 0.25) is 5.91 Å². The Morgan fingerprint density at radius 3 is 2.32 bits per heavy atom. The van der Waals surface area contributed by atoms with Crippen LogP contribution in [0.4, 0.5) is 0 Å². The molecule has 0 bridgehead atoms. The molecule has 1 aliphatic rings. The lowest BCUT2D eigenvalue weighted by molar-refractivity contribution is -0.144. The van der Waals surface area contributed by atoms with Crippen LogP contribution in [0.25, 0.3) is 0 Å². The van der Waals surface area contributed by atoms with Crippen LogP contribution in [0.15, 0.2) is 24.3 Å². The minimum Gasteiger partial charge on any atom is -0.384 e. The summed E-state index contributed by atoms with van der Waals surface area (Å²) >= 11 is 0. The van der Waals surface area contributed by atoms with Crippen LogP contribution in [0.3, 0.4) is 0 Å². The fourth-order valence-corrected chi connectivity index (χ4v) is 2.69. The highest BCUT2D eigenvalue weighted by Gasteiger charge is 2.25. The lowest BCUT2D eigenvalue weighted by atomic mass is 10.1. The second-order valence-electron chi connectivity index (χ2n) is 5.73. The number of hydrogen-bond acceptors (Lipinski definition) is 3. The van der Waals surface area contributed by atoms with Crippen LogP contribution in [0.5, 0.6) is 0 Å². The average molecular weight is 304 g/mol. The molecular weight excluding hydrogens is 280 g/mol. The number of carbonyl (C=O) groups excluding carboxylic acids is 2. The number of piperazine rings is 1. The average Bonchev–Trinajstić information content (AvgIpc) is 2.54. The molecule has 1 atom stereocenters. The zero-order chi connectivity index (χ0) is 16.1. The largest absolute Gasteiger partial charge is 0.384 e. The lowest BCUT2D eigenvalue weighted by Crippen LogP contribution is -2.52. The number of rotatable bonds is 4. The maximum Gasteiger partial charge on any atom is 0.251 e. The van der Waals surface area contributed by atoms with Gasteiger partial charge in [-0.2, -0.15) is 0 Å². The summed E-state index contributed by atoms with van der Waals surface area (Å²) in [6.07, 6.45) is 0.388. The van der Waals surface area contributed by atoms with Crippen LogP contribution in [0, 0.1) is 0 Å². The molecule has 120 valence electrons. The molecule has 5 heteroatoms. The van der Waals surface area contributed by atoms with Crippen molar-refractivity contribution >= 4 is 11.8 Å². The molecule has 0 saturated carbocycles. The highest BCUT2D eigenvalue weighted by Crippen LogP contribution is 2.10. The number of amides is 2. The summed E-state index contributed by atoms with van der Waals surface area (Å²) in [5.41, 5.74) is 2.27. The molecule has 2 rings (SSSR count). The van der Waals surface area contributed by atoms with Crippen molar-refractivity contribution in [1.82, 2.24) is 9.80 Å². The van der Waals surface area contributed by atoms with Gasteiger partial charge in [0.1, 0.15) is 6.10 Å². The molecule has 1 unspecified atom stereocenters. The standard InChI is InChI=1S/C17H24N2O3/c1-3-14-5-4-6-15(11-14)12-16(21)18-7-9-19(10-8-18)17(22)13(2)20/h4-6,11,13,20H,3,7-10,12H2,1-2H3. The number of hydrogen-bond donors (Lipinski definition) is 1. The van der Waals surface area contributed by atoms with Crippen molar-refractivity contribution in [3.63, 3.8) is 0 Å². The minimum atomic E-state index is -0.973. The summed E-state index contributed by atoms with van der Waals surface area (Å²) in [6, 6.07) is 8.10. The van der Waals surface area contributed by atoms with Crippen molar-refractivity contribution in [3.8, 4) is 0 Å². The Kier molecular flexibility index (Phi) is 5.55. The van der Waals surface area contributed by atoms with Crippen molar-refractivity contribution in [3.05, 3.63) is 35.4 Å². The summed E-state index contributed by atoms with van der Waals surface area (Å²) in [6.45, 7) is 5.62. The van der Waals surface area contributed by atoms with E-state index in [4.69, 9.17) is 0 Å². The second kappa shape index (κ2) is 7.40. The molecule has 0 radical (unpaired) electrons. The zero-order valence-electron chi connectivity index (χ0n) is 13.3. The first-order valence-corrected chi connectivity index (χ1v) is 7.83. The number of benzene rings is 1. The van der Waals surface area contributed by atoms with Crippen LogP contribution in [0.2, 0.25) is 0 Å². The summed E-state index contributed by atoms with van der Waals surface area (Å²) < 4.78 is 0. The van der Waals surface area contributed by atoms with Gasteiger partial charge in [0.15, 0.2) is 0 Å². The van der Waals surface area contributed by atoms with E-state index in [2.05, 4.69) is 19.1 Å². The first kappa shape index (κ1) is 16.5. The molecule has 0 spiro atoms. The van der Waals surface area contributed by atoms with Crippen LogP contribution in [0.1, 0.15) is 25.0 Å². The van der Waals surface area contributed by atoms with Crippen molar-refractivity contribution in [2.75, 3.05) is 26.2 Å². The van der Waals surface area contributed by atoms with Gasteiger partial charge >= 0.3 is 0 Å². The molecule has 22 heavy (non-hydrogen) atoms. The fourth-order valence-electron chi connectivity index (χ4n) is 2.69. The third-order valence-electron chi connectivity index (χ3n) is 4.06. The summed E-state index contributed by atoms with van der Waals surface area (Å²) in [4.78, 5) is 27.5. The van der Waals surface area contributed by atoms with E-state index < -0.39 is 6.10 Å². The normalized spacial score (nSPS) is 16.5. The van der Waals surface area contributed by atoms with E-state index >= 15 is 0 Å². The van der Waals surface area contributed by atoms with E-state index in [1.807, 2.05) is 12.1 Å². The predicted molar refractivity (Wildman–Crippen MR) is 84.4 cm³/mol. The third kappa shape index (κ3) is 4.07. The predicted octanol–water partition coefficient (Wildman–Crippen LogP) is 0.843. The number of aliphatic hydroxyl groups excluding tert-OH is 1. The Labute approximate surface area is 131 Å². The quantitative estimate of drug-likeness (QED) is 0.897. The molecular formula is C17H24N2O3. The number of aryl methyl sites for hydroxylation is 1. The molecule has 1 aliphatic heterocycles. The molecule has 0 aromatic heterocycles. The second-order valence-corrected chi connectivity index (χ2v) is 5.73. The topological polar surface area (TPSA) is 60.9 Å².